The summed E-state index contributed by atoms with van der Waals surface area (Å²) in [5.74, 6) is -5.04. The van der Waals surface area contributed by atoms with Crippen LogP contribution in [-0.2, 0) is 6.54 Å². The van der Waals surface area contributed by atoms with Crippen molar-refractivity contribution in [2.24, 2.45) is 0 Å². The molecule has 1 aliphatic carbocycles. The second-order valence-corrected chi connectivity index (χ2v) is 5.21. The predicted molar refractivity (Wildman–Crippen MR) is 72.0 cm³/mol. The average molecular weight is 295 g/mol. The van der Waals surface area contributed by atoms with Crippen molar-refractivity contribution in [1.29, 1.82) is 0 Å². The van der Waals surface area contributed by atoms with Crippen LogP contribution in [0, 0.1) is 23.3 Å². The molecule has 110 valence electrons. The molecule has 0 heterocycles. The summed E-state index contributed by atoms with van der Waals surface area (Å²) in [5, 5.41) is 2.41. The van der Waals surface area contributed by atoms with Crippen LogP contribution < -0.4 is 5.32 Å². The number of rotatable bonds is 4. The molecule has 0 aromatic heterocycles. The van der Waals surface area contributed by atoms with Crippen molar-refractivity contribution in [1.82, 2.24) is 0 Å². The molecule has 1 nitrogen and oxygen atoms in total. The monoisotopic (exact) mass is 295 g/mol. The average Bonchev–Trinajstić information content (AvgIpc) is 3.30. The Balaban J connectivity index is 1.75. The molecule has 3 rings (SSSR count). The second-order valence-electron chi connectivity index (χ2n) is 5.21. The number of hydrogen-bond acceptors (Lipinski definition) is 1. The third kappa shape index (κ3) is 2.86. The van der Waals surface area contributed by atoms with E-state index in [0.29, 0.717) is 5.92 Å². The van der Waals surface area contributed by atoms with Crippen LogP contribution in [0.3, 0.4) is 0 Å². The highest BCUT2D eigenvalue weighted by Gasteiger charge is 2.23. The van der Waals surface area contributed by atoms with Gasteiger partial charge in [0.25, 0.3) is 0 Å². The van der Waals surface area contributed by atoms with Crippen LogP contribution in [-0.4, -0.2) is 0 Å². The van der Waals surface area contributed by atoms with E-state index in [4.69, 9.17) is 0 Å². The van der Waals surface area contributed by atoms with Gasteiger partial charge < -0.3 is 5.32 Å². The molecule has 1 saturated carbocycles. The Bertz CT molecular complexity index is 637. The van der Waals surface area contributed by atoms with Crippen LogP contribution in [0.25, 0.3) is 0 Å². The van der Waals surface area contributed by atoms with Crippen molar-refractivity contribution in [2.45, 2.75) is 25.3 Å². The lowest BCUT2D eigenvalue weighted by molar-refractivity contribution is 0.458. The van der Waals surface area contributed by atoms with Crippen LogP contribution in [0.1, 0.15) is 29.9 Å². The smallest absolute Gasteiger partial charge is 0.185 e. The van der Waals surface area contributed by atoms with Gasteiger partial charge in [0.2, 0.25) is 0 Å². The van der Waals surface area contributed by atoms with Crippen molar-refractivity contribution in [3.8, 4) is 0 Å². The van der Waals surface area contributed by atoms with E-state index in [0.717, 1.165) is 5.56 Å². The van der Waals surface area contributed by atoms with Crippen LogP contribution in [0.15, 0.2) is 30.3 Å². The van der Waals surface area contributed by atoms with Crippen molar-refractivity contribution in [3.63, 3.8) is 0 Å². The largest absolute Gasteiger partial charge is 0.376 e. The standard InChI is InChI=1S/C16H13F4N/c17-12-7-13(18)15(20)16(14(12)19)21-8-9-1-3-10(4-2-9)11-5-6-11/h1-4,7,11,21H,5-6,8H2. The van der Waals surface area contributed by atoms with E-state index in [2.05, 4.69) is 5.32 Å². The minimum atomic E-state index is -1.42. The maximum absolute atomic E-state index is 13.5. The molecule has 0 atom stereocenters. The van der Waals surface area contributed by atoms with Crippen molar-refractivity contribution < 1.29 is 17.6 Å². The van der Waals surface area contributed by atoms with Gasteiger partial charge in [-0.15, -0.1) is 0 Å². The highest BCUT2D eigenvalue weighted by atomic mass is 19.2. The molecule has 2 aromatic rings. The molecule has 0 aliphatic heterocycles. The molecule has 1 fully saturated rings. The molecule has 0 bridgehead atoms. The normalized spacial score (nSPS) is 14.3. The Labute approximate surface area is 119 Å². The highest BCUT2D eigenvalue weighted by molar-refractivity contribution is 5.47. The van der Waals surface area contributed by atoms with Crippen molar-refractivity contribution >= 4 is 5.69 Å². The number of halogens is 4. The molecular weight excluding hydrogens is 282 g/mol. The van der Waals surface area contributed by atoms with E-state index in [1.54, 1.807) is 0 Å². The zero-order valence-corrected chi connectivity index (χ0v) is 11.1. The molecule has 2 aromatic carbocycles. The fraction of sp³-hybridized carbons (Fsp3) is 0.250. The fourth-order valence-corrected chi connectivity index (χ4v) is 2.24. The summed E-state index contributed by atoms with van der Waals surface area (Å²) in [6, 6.07) is 7.81. The fourth-order valence-electron chi connectivity index (χ4n) is 2.24. The third-order valence-electron chi connectivity index (χ3n) is 3.61. The van der Waals surface area contributed by atoms with E-state index in [1.807, 2.05) is 24.3 Å². The Kier molecular flexibility index (Phi) is 3.57. The van der Waals surface area contributed by atoms with Gasteiger partial charge in [-0.25, -0.2) is 17.6 Å². The summed E-state index contributed by atoms with van der Waals surface area (Å²) in [6.07, 6.45) is 2.38. The number of anilines is 1. The Hall–Kier alpha value is -2.04. The molecule has 1 N–H and O–H groups in total. The van der Waals surface area contributed by atoms with Crippen LogP contribution in [0.5, 0.6) is 0 Å². The number of nitrogens with one attached hydrogen (secondary N) is 1. The maximum atomic E-state index is 13.5. The maximum Gasteiger partial charge on any atom is 0.185 e. The number of hydrogen-bond donors (Lipinski definition) is 1. The molecular formula is C16H13F4N. The lowest BCUT2D eigenvalue weighted by atomic mass is 10.1. The summed E-state index contributed by atoms with van der Waals surface area (Å²) in [6.45, 7) is 0.0850. The summed E-state index contributed by atoms with van der Waals surface area (Å²) in [5.41, 5.74) is 1.24. The van der Waals surface area contributed by atoms with E-state index in [-0.39, 0.29) is 12.6 Å². The first-order valence-corrected chi connectivity index (χ1v) is 6.72. The number of benzene rings is 2. The summed E-state index contributed by atoms with van der Waals surface area (Å²) in [4.78, 5) is 0. The van der Waals surface area contributed by atoms with Gasteiger partial charge in [-0.05, 0) is 29.9 Å². The van der Waals surface area contributed by atoms with Crippen LogP contribution in [0.4, 0.5) is 23.2 Å². The van der Waals surface area contributed by atoms with Gasteiger partial charge in [0.05, 0.1) is 0 Å². The zero-order valence-electron chi connectivity index (χ0n) is 11.1. The molecule has 0 radical (unpaired) electrons. The first-order chi connectivity index (χ1) is 10.1. The molecule has 0 saturated heterocycles. The molecule has 1 aliphatic rings. The van der Waals surface area contributed by atoms with Crippen molar-refractivity contribution in [3.05, 3.63) is 64.7 Å². The predicted octanol–water partition coefficient (Wildman–Crippen LogP) is 4.73. The molecule has 0 amide bonds. The van der Waals surface area contributed by atoms with Gasteiger partial charge in [0.15, 0.2) is 23.3 Å². The molecule has 0 spiro atoms. The Morgan fingerprint density at radius 3 is 2.00 bits per heavy atom. The lowest BCUT2D eigenvalue weighted by Gasteiger charge is -2.10. The Morgan fingerprint density at radius 2 is 1.48 bits per heavy atom. The summed E-state index contributed by atoms with van der Waals surface area (Å²) < 4.78 is 53.1. The lowest BCUT2D eigenvalue weighted by Crippen LogP contribution is -2.07. The first-order valence-electron chi connectivity index (χ1n) is 6.72. The van der Waals surface area contributed by atoms with Crippen molar-refractivity contribution in [2.75, 3.05) is 5.32 Å². The Morgan fingerprint density at radius 1 is 0.905 bits per heavy atom. The van der Waals surface area contributed by atoms with Gasteiger partial charge in [-0.1, -0.05) is 24.3 Å². The van der Waals surface area contributed by atoms with Gasteiger partial charge in [0.1, 0.15) is 5.69 Å². The highest BCUT2D eigenvalue weighted by Crippen LogP contribution is 2.39. The third-order valence-corrected chi connectivity index (χ3v) is 3.61. The van der Waals surface area contributed by atoms with E-state index < -0.39 is 29.0 Å². The topological polar surface area (TPSA) is 12.0 Å². The first kappa shape index (κ1) is 13.9. The summed E-state index contributed by atoms with van der Waals surface area (Å²) >= 11 is 0. The quantitative estimate of drug-likeness (QED) is 0.635. The van der Waals surface area contributed by atoms with Crippen LogP contribution >= 0.6 is 0 Å². The van der Waals surface area contributed by atoms with Gasteiger partial charge in [-0.2, -0.15) is 0 Å². The molecule has 0 unspecified atom stereocenters. The molecule has 5 heteroatoms. The van der Waals surface area contributed by atoms with E-state index in [9.17, 15) is 17.6 Å². The molecule has 21 heavy (non-hydrogen) atoms. The van der Waals surface area contributed by atoms with Gasteiger partial charge in [-0.3, -0.25) is 0 Å². The van der Waals surface area contributed by atoms with E-state index in [1.165, 1.54) is 18.4 Å². The van der Waals surface area contributed by atoms with Crippen LogP contribution in [0.2, 0.25) is 0 Å². The zero-order chi connectivity index (χ0) is 15.0. The summed E-state index contributed by atoms with van der Waals surface area (Å²) in [7, 11) is 0. The van der Waals surface area contributed by atoms with E-state index >= 15 is 0 Å². The minimum absolute atomic E-state index is 0.0850. The van der Waals surface area contributed by atoms with Gasteiger partial charge in [0, 0.05) is 12.6 Å². The SMILES string of the molecule is Fc1cc(F)c(F)c(NCc2ccc(C3CC3)cc2)c1F. The second kappa shape index (κ2) is 5.39. The minimum Gasteiger partial charge on any atom is -0.376 e. The van der Waals surface area contributed by atoms with Gasteiger partial charge >= 0.3 is 0 Å².